The van der Waals surface area contributed by atoms with Gasteiger partial charge in [0.1, 0.15) is 0 Å². The van der Waals surface area contributed by atoms with E-state index in [9.17, 15) is 0 Å². The van der Waals surface area contributed by atoms with E-state index in [4.69, 9.17) is 9.68 Å². The van der Waals surface area contributed by atoms with Crippen molar-refractivity contribution in [3.05, 3.63) is 29.8 Å². The molecule has 0 atom stereocenters. The molecule has 0 unspecified atom stereocenters. The van der Waals surface area contributed by atoms with Crippen molar-refractivity contribution in [1.82, 2.24) is 10.2 Å². The lowest BCUT2D eigenvalue weighted by molar-refractivity contribution is 0.465. The van der Waals surface area contributed by atoms with Crippen molar-refractivity contribution in [3.63, 3.8) is 0 Å². The minimum Gasteiger partial charge on any atom is -0.411 e. The van der Waals surface area contributed by atoms with Gasteiger partial charge in [-0.15, -0.1) is 10.2 Å². The van der Waals surface area contributed by atoms with Crippen molar-refractivity contribution in [2.45, 2.75) is 31.4 Å². The molecule has 0 aliphatic carbocycles. The first-order valence-corrected chi connectivity index (χ1v) is 7.19. The highest BCUT2D eigenvalue weighted by Crippen LogP contribution is 2.25. The quantitative estimate of drug-likeness (QED) is 0.591. The smallest absolute Gasteiger partial charge is 0.276 e. The van der Waals surface area contributed by atoms with E-state index in [1.54, 1.807) is 11.8 Å². The Hall–Kier alpha value is -1.80. The fraction of sp³-hybridized carbons (Fsp3) is 0.357. The molecule has 2 aromatic rings. The van der Waals surface area contributed by atoms with Crippen molar-refractivity contribution in [2.75, 3.05) is 5.75 Å². The molecule has 1 aromatic carbocycles. The summed E-state index contributed by atoms with van der Waals surface area (Å²) in [5.74, 6) is 1.47. The number of aromatic nitrogens is 2. The zero-order chi connectivity index (χ0) is 13.5. The van der Waals surface area contributed by atoms with Gasteiger partial charge >= 0.3 is 0 Å². The predicted molar refractivity (Wildman–Crippen MR) is 74.7 cm³/mol. The number of thioether (sulfide) groups is 1. The summed E-state index contributed by atoms with van der Waals surface area (Å²) >= 11 is 1.54. The monoisotopic (exact) mass is 273 g/mol. The Morgan fingerprint density at radius 2 is 2.11 bits per heavy atom. The first kappa shape index (κ1) is 13.6. The summed E-state index contributed by atoms with van der Waals surface area (Å²) in [6.45, 7) is 2.02. The van der Waals surface area contributed by atoms with Gasteiger partial charge in [-0.1, -0.05) is 30.0 Å². The maximum atomic E-state index is 8.44. The summed E-state index contributed by atoms with van der Waals surface area (Å²) in [6.07, 6.45) is 2.52. The van der Waals surface area contributed by atoms with Gasteiger partial charge in [0.15, 0.2) is 0 Å². The Labute approximate surface area is 116 Å². The molecule has 0 fully saturated rings. The van der Waals surface area contributed by atoms with E-state index in [1.807, 2.05) is 31.2 Å². The van der Waals surface area contributed by atoms with Crippen LogP contribution in [0.2, 0.25) is 0 Å². The van der Waals surface area contributed by atoms with Gasteiger partial charge in [-0.2, -0.15) is 5.26 Å². The number of nitriles is 1. The molecule has 98 valence electrons. The molecule has 0 saturated heterocycles. The van der Waals surface area contributed by atoms with E-state index >= 15 is 0 Å². The Balaban J connectivity index is 1.93. The van der Waals surface area contributed by atoms with Crippen molar-refractivity contribution < 1.29 is 4.42 Å². The number of hydrogen-bond donors (Lipinski definition) is 0. The average molecular weight is 273 g/mol. The molecular formula is C14H15N3OS. The van der Waals surface area contributed by atoms with Crippen LogP contribution in [0.1, 0.15) is 24.8 Å². The van der Waals surface area contributed by atoms with Gasteiger partial charge in [0, 0.05) is 17.7 Å². The maximum absolute atomic E-state index is 8.44. The minimum absolute atomic E-state index is 0.567. The van der Waals surface area contributed by atoms with Crippen LogP contribution in [0, 0.1) is 18.3 Å². The molecule has 0 radical (unpaired) electrons. The summed E-state index contributed by atoms with van der Waals surface area (Å²) < 4.78 is 5.63. The lowest BCUT2D eigenvalue weighted by Gasteiger charge is -1.98. The third kappa shape index (κ3) is 3.83. The largest absolute Gasteiger partial charge is 0.411 e. The van der Waals surface area contributed by atoms with Crippen molar-refractivity contribution in [2.24, 2.45) is 0 Å². The van der Waals surface area contributed by atoms with E-state index in [0.29, 0.717) is 17.5 Å². The van der Waals surface area contributed by atoms with Gasteiger partial charge in [-0.25, -0.2) is 0 Å². The molecule has 0 N–H and O–H groups in total. The Bertz CT molecular complexity index is 574. The van der Waals surface area contributed by atoms with E-state index < -0.39 is 0 Å². The molecule has 1 aromatic heterocycles. The van der Waals surface area contributed by atoms with Gasteiger partial charge in [0.25, 0.3) is 5.22 Å². The number of unbranched alkanes of at least 4 members (excludes halogenated alkanes) is 2. The highest BCUT2D eigenvalue weighted by molar-refractivity contribution is 7.99. The first-order chi connectivity index (χ1) is 9.31. The molecule has 19 heavy (non-hydrogen) atoms. The fourth-order valence-corrected chi connectivity index (χ4v) is 2.41. The molecule has 1 heterocycles. The number of aryl methyl sites for hydroxylation is 1. The summed E-state index contributed by atoms with van der Waals surface area (Å²) in [5.41, 5.74) is 2.10. The van der Waals surface area contributed by atoms with Crippen LogP contribution < -0.4 is 0 Å². The molecule has 5 heteroatoms. The molecular weight excluding hydrogens is 258 g/mol. The van der Waals surface area contributed by atoms with Crippen LogP contribution >= 0.6 is 11.8 Å². The van der Waals surface area contributed by atoms with E-state index in [1.165, 1.54) is 0 Å². The Morgan fingerprint density at radius 3 is 2.89 bits per heavy atom. The molecule has 0 aliphatic heterocycles. The molecule has 2 rings (SSSR count). The number of nitrogens with zero attached hydrogens (tertiary/aromatic N) is 3. The zero-order valence-corrected chi connectivity index (χ0v) is 11.6. The SMILES string of the molecule is Cc1ccccc1-c1nnc(SCCCCC#N)o1. The fourth-order valence-electron chi connectivity index (χ4n) is 1.66. The Morgan fingerprint density at radius 1 is 1.26 bits per heavy atom. The van der Waals surface area contributed by atoms with Crippen LogP contribution in [-0.4, -0.2) is 16.0 Å². The number of benzene rings is 1. The van der Waals surface area contributed by atoms with E-state index in [-0.39, 0.29) is 0 Å². The van der Waals surface area contributed by atoms with Crippen LogP contribution in [0.25, 0.3) is 11.5 Å². The summed E-state index contributed by atoms with van der Waals surface area (Å²) in [4.78, 5) is 0. The van der Waals surface area contributed by atoms with Crippen molar-refractivity contribution in [1.29, 1.82) is 5.26 Å². The summed E-state index contributed by atoms with van der Waals surface area (Å²) in [6, 6.07) is 10.1. The van der Waals surface area contributed by atoms with Gasteiger partial charge in [-0.05, 0) is 31.4 Å². The van der Waals surface area contributed by atoms with Crippen LogP contribution in [0.4, 0.5) is 0 Å². The molecule has 4 nitrogen and oxygen atoms in total. The van der Waals surface area contributed by atoms with Crippen molar-refractivity contribution in [3.8, 4) is 17.5 Å². The van der Waals surface area contributed by atoms with Crippen LogP contribution in [0.15, 0.2) is 33.9 Å². The van der Waals surface area contributed by atoms with Crippen LogP contribution in [0.3, 0.4) is 0 Å². The molecule has 0 amide bonds. The summed E-state index contributed by atoms with van der Waals surface area (Å²) in [7, 11) is 0. The standard InChI is InChI=1S/C14H15N3OS/c1-11-7-3-4-8-12(11)13-16-17-14(18-13)19-10-6-2-5-9-15/h3-4,7-8H,2,5-6,10H2,1H3. The number of hydrogen-bond acceptors (Lipinski definition) is 5. The lowest BCUT2D eigenvalue weighted by atomic mass is 10.1. The second-order valence-electron chi connectivity index (χ2n) is 4.15. The van der Waals surface area contributed by atoms with Gasteiger partial charge in [0.05, 0.1) is 6.07 Å². The van der Waals surface area contributed by atoms with Gasteiger partial charge in [0.2, 0.25) is 5.89 Å². The number of rotatable bonds is 6. The average Bonchev–Trinajstić information content (AvgIpc) is 2.88. The minimum atomic E-state index is 0.567. The van der Waals surface area contributed by atoms with E-state index in [2.05, 4.69) is 16.3 Å². The second kappa shape index (κ2) is 6.95. The Kier molecular flexibility index (Phi) is 4.99. The van der Waals surface area contributed by atoms with Gasteiger partial charge in [-0.3, -0.25) is 0 Å². The normalized spacial score (nSPS) is 10.3. The predicted octanol–water partition coefficient (Wildman–Crippen LogP) is 3.83. The third-order valence-electron chi connectivity index (χ3n) is 2.69. The van der Waals surface area contributed by atoms with Crippen LogP contribution in [0.5, 0.6) is 0 Å². The highest BCUT2D eigenvalue weighted by Gasteiger charge is 2.10. The second-order valence-corrected chi connectivity index (χ2v) is 5.20. The molecule has 0 aliphatic rings. The van der Waals surface area contributed by atoms with Crippen LogP contribution in [-0.2, 0) is 0 Å². The third-order valence-corrected chi connectivity index (χ3v) is 3.60. The first-order valence-electron chi connectivity index (χ1n) is 6.20. The molecule has 0 saturated carbocycles. The lowest BCUT2D eigenvalue weighted by Crippen LogP contribution is -1.81. The topological polar surface area (TPSA) is 62.7 Å². The molecule has 0 spiro atoms. The van der Waals surface area contributed by atoms with E-state index in [0.717, 1.165) is 29.7 Å². The van der Waals surface area contributed by atoms with Crippen molar-refractivity contribution >= 4 is 11.8 Å². The zero-order valence-electron chi connectivity index (χ0n) is 10.8. The highest BCUT2D eigenvalue weighted by atomic mass is 32.2. The molecule has 0 bridgehead atoms. The summed E-state index contributed by atoms with van der Waals surface area (Å²) in [5, 5.41) is 17.1. The maximum Gasteiger partial charge on any atom is 0.276 e. The van der Waals surface area contributed by atoms with Gasteiger partial charge < -0.3 is 4.42 Å².